The van der Waals surface area contributed by atoms with E-state index in [1.807, 2.05) is 30.3 Å². The maximum Gasteiger partial charge on any atom is 0.401 e. The number of nitrogens with zero attached hydrogens (tertiary/aromatic N) is 1. The van der Waals surface area contributed by atoms with Crippen molar-refractivity contribution in [1.29, 1.82) is 0 Å². The normalized spacial score (nSPS) is 16.4. The first-order chi connectivity index (χ1) is 11.9. The zero-order chi connectivity index (χ0) is 18.1. The Balaban J connectivity index is 1.52. The second-order valence-corrected chi connectivity index (χ2v) is 6.13. The topological polar surface area (TPSA) is 53.6 Å². The van der Waals surface area contributed by atoms with Crippen LogP contribution in [-0.2, 0) is 0 Å². The maximum absolute atomic E-state index is 12.3. The van der Waals surface area contributed by atoms with Crippen LogP contribution in [0.1, 0.15) is 12.8 Å². The van der Waals surface area contributed by atoms with Crippen LogP contribution in [0.3, 0.4) is 0 Å². The number of hydrogen-bond acceptors (Lipinski definition) is 3. The molecular formula is C17H24F3N3O2. The third-order valence-electron chi connectivity index (χ3n) is 4.06. The first-order valence-electron chi connectivity index (χ1n) is 8.41. The van der Waals surface area contributed by atoms with Crippen LogP contribution in [0.5, 0.6) is 5.75 Å². The number of rotatable bonds is 7. The van der Waals surface area contributed by atoms with E-state index in [4.69, 9.17) is 4.74 Å². The van der Waals surface area contributed by atoms with E-state index in [1.54, 1.807) is 0 Å². The summed E-state index contributed by atoms with van der Waals surface area (Å²) in [5.74, 6) is 0.964. The minimum Gasteiger partial charge on any atom is -0.492 e. The number of para-hydroxylation sites is 1. The summed E-state index contributed by atoms with van der Waals surface area (Å²) in [4.78, 5) is 13.1. The minimum absolute atomic E-state index is 0.218. The molecule has 5 nitrogen and oxygen atoms in total. The number of ether oxygens (including phenoxy) is 1. The average Bonchev–Trinajstić information content (AvgIpc) is 2.58. The van der Waals surface area contributed by atoms with Crippen LogP contribution in [-0.4, -0.2) is 56.4 Å². The van der Waals surface area contributed by atoms with Gasteiger partial charge < -0.3 is 15.4 Å². The molecule has 1 aliphatic rings. The summed E-state index contributed by atoms with van der Waals surface area (Å²) >= 11 is 0. The molecule has 0 spiro atoms. The van der Waals surface area contributed by atoms with Crippen LogP contribution < -0.4 is 15.4 Å². The molecule has 0 saturated carbocycles. The molecule has 0 bridgehead atoms. The smallest absolute Gasteiger partial charge is 0.401 e. The number of carbonyl (C=O) groups is 1. The lowest BCUT2D eigenvalue weighted by Gasteiger charge is -2.32. The summed E-state index contributed by atoms with van der Waals surface area (Å²) in [7, 11) is 0. The SMILES string of the molecule is O=C(NCCOc1ccccc1)NCC1CCN(CC(F)(F)F)CC1. The van der Waals surface area contributed by atoms with E-state index in [-0.39, 0.29) is 11.9 Å². The Hall–Kier alpha value is -1.96. The monoisotopic (exact) mass is 359 g/mol. The van der Waals surface area contributed by atoms with Gasteiger partial charge in [-0.05, 0) is 44.0 Å². The zero-order valence-corrected chi connectivity index (χ0v) is 14.0. The number of carbonyl (C=O) groups excluding carboxylic acids is 1. The zero-order valence-electron chi connectivity index (χ0n) is 14.0. The molecule has 0 aromatic heterocycles. The van der Waals surface area contributed by atoms with Gasteiger partial charge in [-0.3, -0.25) is 4.90 Å². The number of urea groups is 1. The van der Waals surface area contributed by atoms with E-state index < -0.39 is 12.7 Å². The van der Waals surface area contributed by atoms with Crippen molar-refractivity contribution in [3.63, 3.8) is 0 Å². The minimum atomic E-state index is -4.15. The van der Waals surface area contributed by atoms with Gasteiger partial charge in [0.05, 0.1) is 13.1 Å². The van der Waals surface area contributed by atoms with Gasteiger partial charge in [0.25, 0.3) is 0 Å². The van der Waals surface area contributed by atoms with Crippen molar-refractivity contribution in [3.8, 4) is 5.75 Å². The molecule has 1 aromatic rings. The van der Waals surface area contributed by atoms with Gasteiger partial charge >= 0.3 is 12.2 Å². The lowest BCUT2D eigenvalue weighted by molar-refractivity contribution is -0.148. The first kappa shape index (κ1) is 19.4. The third-order valence-corrected chi connectivity index (χ3v) is 4.06. The molecule has 0 atom stereocenters. The number of alkyl halides is 3. The van der Waals surface area contributed by atoms with Gasteiger partial charge in [0.2, 0.25) is 0 Å². The van der Waals surface area contributed by atoms with Crippen molar-refractivity contribution in [2.24, 2.45) is 5.92 Å². The number of likely N-dealkylation sites (tertiary alicyclic amines) is 1. The summed E-state index contributed by atoms with van der Waals surface area (Å²) < 4.78 is 42.5. The van der Waals surface area contributed by atoms with Crippen molar-refractivity contribution in [3.05, 3.63) is 30.3 Å². The fourth-order valence-electron chi connectivity index (χ4n) is 2.75. The molecule has 140 valence electrons. The van der Waals surface area contributed by atoms with E-state index in [0.717, 1.165) is 5.75 Å². The third kappa shape index (κ3) is 8.11. The number of benzene rings is 1. The number of piperidine rings is 1. The highest BCUT2D eigenvalue weighted by Crippen LogP contribution is 2.22. The molecule has 1 aromatic carbocycles. The van der Waals surface area contributed by atoms with E-state index in [1.165, 1.54) is 4.90 Å². The lowest BCUT2D eigenvalue weighted by atomic mass is 9.97. The molecule has 2 rings (SSSR count). The molecule has 0 radical (unpaired) electrons. The highest BCUT2D eigenvalue weighted by Gasteiger charge is 2.32. The number of nitrogens with one attached hydrogen (secondary N) is 2. The second kappa shape index (κ2) is 9.50. The Kier molecular flexibility index (Phi) is 7.36. The maximum atomic E-state index is 12.3. The van der Waals surface area contributed by atoms with Gasteiger partial charge in [-0.15, -0.1) is 0 Å². The molecule has 8 heteroatoms. The van der Waals surface area contributed by atoms with Gasteiger partial charge in [-0.25, -0.2) is 4.79 Å². The molecule has 1 fully saturated rings. The van der Waals surface area contributed by atoms with Crippen molar-refractivity contribution < 1.29 is 22.7 Å². The van der Waals surface area contributed by atoms with Crippen LogP contribution >= 0.6 is 0 Å². The van der Waals surface area contributed by atoms with Crippen LogP contribution in [0.2, 0.25) is 0 Å². The van der Waals surface area contributed by atoms with Crippen molar-refractivity contribution in [2.45, 2.75) is 19.0 Å². The molecule has 25 heavy (non-hydrogen) atoms. The van der Waals surface area contributed by atoms with Gasteiger partial charge in [-0.1, -0.05) is 18.2 Å². The van der Waals surface area contributed by atoms with Crippen LogP contribution in [0.25, 0.3) is 0 Å². The second-order valence-electron chi connectivity index (χ2n) is 6.13. The summed E-state index contributed by atoms with van der Waals surface area (Å²) in [5.41, 5.74) is 0. The van der Waals surface area contributed by atoms with Crippen molar-refractivity contribution >= 4 is 6.03 Å². The number of halogens is 3. The molecule has 0 unspecified atom stereocenters. The summed E-state index contributed by atoms with van der Waals surface area (Å²) in [6.45, 7) is 1.20. The lowest BCUT2D eigenvalue weighted by Crippen LogP contribution is -2.44. The molecule has 2 amide bonds. The first-order valence-corrected chi connectivity index (χ1v) is 8.41. The highest BCUT2D eigenvalue weighted by atomic mass is 19.4. The van der Waals surface area contributed by atoms with Gasteiger partial charge in [-0.2, -0.15) is 13.2 Å². The van der Waals surface area contributed by atoms with Crippen LogP contribution in [0, 0.1) is 5.92 Å². The van der Waals surface area contributed by atoms with Gasteiger partial charge in [0.15, 0.2) is 0 Å². The Morgan fingerprint density at radius 3 is 2.48 bits per heavy atom. The van der Waals surface area contributed by atoms with Crippen LogP contribution in [0.15, 0.2) is 30.3 Å². The molecule has 2 N–H and O–H groups in total. The highest BCUT2D eigenvalue weighted by molar-refractivity contribution is 5.73. The quantitative estimate of drug-likeness (QED) is 0.736. The van der Waals surface area contributed by atoms with Crippen molar-refractivity contribution in [2.75, 3.05) is 39.3 Å². The summed E-state index contributed by atoms with van der Waals surface area (Å²) in [6, 6.07) is 9.03. The molecule has 1 aliphatic heterocycles. The Labute approximate surface area is 145 Å². The van der Waals surface area contributed by atoms with Gasteiger partial charge in [0.1, 0.15) is 12.4 Å². The largest absolute Gasteiger partial charge is 0.492 e. The predicted molar refractivity (Wildman–Crippen MR) is 88.6 cm³/mol. The number of amides is 2. The summed E-state index contributed by atoms with van der Waals surface area (Å²) in [6.07, 6.45) is -2.83. The molecule has 1 saturated heterocycles. The van der Waals surface area contributed by atoms with Gasteiger partial charge in [0, 0.05) is 6.54 Å². The predicted octanol–water partition coefficient (Wildman–Crippen LogP) is 2.64. The van der Waals surface area contributed by atoms with E-state index in [0.29, 0.717) is 45.6 Å². The average molecular weight is 359 g/mol. The Bertz CT molecular complexity index is 518. The van der Waals surface area contributed by atoms with E-state index in [2.05, 4.69) is 10.6 Å². The number of hydrogen-bond donors (Lipinski definition) is 2. The fourth-order valence-corrected chi connectivity index (χ4v) is 2.75. The summed E-state index contributed by atoms with van der Waals surface area (Å²) in [5, 5.41) is 5.47. The van der Waals surface area contributed by atoms with Crippen molar-refractivity contribution in [1.82, 2.24) is 15.5 Å². The standard InChI is InChI=1S/C17H24F3N3O2/c18-17(19,20)13-23-9-6-14(7-10-23)12-22-16(24)21-8-11-25-15-4-2-1-3-5-15/h1-5,14H,6-13H2,(H2,21,22,24). The van der Waals surface area contributed by atoms with Crippen LogP contribution in [0.4, 0.5) is 18.0 Å². The van der Waals surface area contributed by atoms with E-state index in [9.17, 15) is 18.0 Å². The fraction of sp³-hybridized carbons (Fsp3) is 0.588. The Morgan fingerprint density at radius 2 is 1.84 bits per heavy atom. The molecule has 0 aliphatic carbocycles. The van der Waals surface area contributed by atoms with E-state index >= 15 is 0 Å². The molecular weight excluding hydrogens is 335 g/mol. The Morgan fingerprint density at radius 1 is 1.16 bits per heavy atom. The molecule has 1 heterocycles.